The number of aryl methyl sites for hydroxylation is 15. The summed E-state index contributed by atoms with van der Waals surface area (Å²) in [6.07, 6.45) is 21.1. The van der Waals surface area contributed by atoms with Gasteiger partial charge in [0.15, 0.2) is 58.9 Å². The molecule has 0 aliphatic rings. The summed E-state index contributed by atoms with van der Waals surface area (Å²) in [6.45, 7) is 3.72. The van der Waals surface area contributed by atoms with Crippen molar-refractivity contribution in [1.82, 2.24) is 24.9 Å². The van der Waals surface area contributed by atoms with Crippen molar-refractivity contribution in [1.29, 1.82) is 0 Å². The lowest BCUT2D eigenvalue weighted by Gasteiger charge is -2.05. The molecule has 0 saturated heterocycles. The first kappa shape index (κ1) is 57.8. The molecule has 20 aromatic rings. The van der Waals surface area contributed by atoms with Crippen molar-refractivity contribution in [2.24, 2.45) is 35.2 Å². The zero-order chi connectivity index (χ0) is 86.3. The molecule has 5 aromatic carbocycles. The average molecular weight is 1460 g/mol. The van der Waals surface area contributed by atoms with Crippen LogP contribution in [-0.2, 0) is 35.2 Å². The Labute approximate surface area is 653 Å². The van der Waals surface area contributed by atoms with Gasteiger partial charge in [-0.15, -0.1) is 0 Å². The number of fused-ring (bicyclic) bond motifs is 15. The van der Waals surface area contributed by atoms with Crippen LogP contribution in [0.2, 0.25) is 0 Å². The van der Waals surface area contributed by atoms with Crippen molar-refractivity contribution in [3.8, 4) is 56.3 Å². The minimum atomic E-state index is -2.12. The first-order valence-electron chi connectivity index (χ1n) is 41.9. The fraction of sp³-hybridized carbons (Fsp3) is 0.158. The Morgan fingerprint density at radius 2 is 0.664 bits per heavy atom. The molecule has 0 fully saturated rings. The van der Waals surface area contributed by atoms with Crippen LogP contribution in [-0.4, -0.2) is 24.9 Å². The maximum Gasteiger partial charge on any atom is 0.227 e. The molecule has 15 aromatic heterocycles. The van der Waals surface area contributed by atoms with Gasteiger partial charge in [0, 0.05) is 160 Å². The lowest BCUT2D eigenvalue weighted by molar-refractivity contribution is -0.660. The highest BCUT2D eigenvalue weighted by molar-refractivity contribution is 6.13. The molecule has 0 spiro atoms. The quantitative estimate of drug-likeness (QED) is 0.152. The first-order chi connectivity index (χ1) is 58.1. The lowest BCUT2D eigenvalue weighted by atomic mass is 10.0. The number of nitrogens with zero attached hydrogens (tertiary/aromatic N) is 10. The summed E-state index contributed by atoms with van der Waals surface area (Å²) in [5, 5.41) is 9.13. The Bertz CT molecular complexity index is 6810. The summed E-state index contributed by atoms with van der Waals surface area (Å²) in [4.78, 5) is 21.6. The van der Waals surface area contributed by atoms with Crippen molar-refractivity contribution >= 4 is 110 Å². The Hall–Kier alpha value is -13.4. The van der Waals surface area contributed by atoms with Gasteiger partial charge in [0.1, 0.15) is 68.7 Å². The van der Waals surface area contributed by atoms with Gasteiger partial charge in [0.05, 0.1) is 34.1 Å². The smallest absolute Gasteiger partial charge is 0.227 e. The minimum Gasteiger partial charge on any atom is -0.455 e. The molecule has 15 nitrogen and oxygen atoms in total. The number of hydrogen-bond acceptors (Lipinski definition) is 10. The molecule has 0 amide bonds. The molecule has 0 saturated carbocycles. The average Bonchev–Trinajstić information content (AvgIpc) is 1.61. The highest BCUT2D eigenvalue weighted by Crippen LogP contribution is 2.42. The van der Waals surface area contributed by atoms with Gasteiger partial charge in [0.2, 0.25) is 34.2 Å². The molecule has 110 heavy (non-hydrogen) atoms. The van der Waals surface area contributed by atoms with Crippen LogP contribution in [0, 0.1) is 68.9 Å². The highest BCUT2D eigenvalue weighted by Gasteiger charge is 2.27. The molecule has 20 rings (SSSR count). The molecule has 0 atom stereocenters. The van der Waals surface area contributed by atoms with Crippen LogP contribution in [0.5, 0.6) is 0 Å². The van der Waals surface area contributed by atoms with Crippen LogP contribution in [0.25, 0.3) is 166 Å². The molecule has 0 aliphatic carbocycles. The zero-order valence-corrected chi connectivity index (χ0v) is 62.6. The van der Waals surface area contributed by atoms with Crippen LogP contribution in [0.15, 0.2) is 266 Å². The molecule has 15 heteroatoms. The fourth-order valence-electron chi connectivity index (χ4n) is 14.9. The summed E-state index contributed by atoms with van der Waals surface area (Å²) in [5.74, 6) is 0. The van der Waals surface area contributed by atoms with E-state index in [1.165, 1.54) is 5.56 Å². The summed E-state index contributed by atoms with van der Waals surface area (Å²) < 4.78 is 131. The Kier molecular flexibility index (Phi) is 15.3. The number of pyridine rings is 10. The van der Waals surface area contributed by atoms with Crippen LogP contribution >= 0.6 is 0 Å². The fourth-order valence-corrected chi connectivity index (χ4v) is 14.9. The Morgan fingerprint density at radius 3 is 1.22 bits per heavy atom. The summed E-state index contributed by atoms with van der Waals surface area (Å²) in [5.41, 5.74) is 26.0. The largest absolute Gasteiger partial charge is 0.455 e. The van der Waals surface area contributed by atoms with Crippen molar-refractivity contribution < 1.29 is 61.4 Å². The number of furan rings is 5. The van der Waals surface area contributed by atoms with Crippen LogP contribution in [0.4, 0.5) is 0 Å². The van der Waals surface area contributed by atoms with E-state index in [-0.39, 0.29) is 0 Å². The molecular formula is C95H85N10O5+5. The third kappa shape index (κ3) is 13.1. The van der Waals surface area contributed by atoms with Gasteiger partial charge < -0.3 is 22.1 Å². The molecule has 0 radical (unpaired) electrons. The summed E-state index contributed by atoms with van der Waals surface area (Å²) in [7, 11) is 9.47. The SMILES string of the molecule is Cc1ccc(-c2c(C)ncc3c2oc2ccccc23)[n+](C)c1.[2H]C([2H])([2H])c1ccc(-c2c(C)ccc3c2oc2cccnc23)[n+](C)c1.[2H]C([2H])([2H])c1ccc(-c2c(C)ccc3c2oc2ccncc23)[n+](C)c1.[2H]C([2H])([2H])c1ccc(-c2c(C)ccc3c2oc2cnccc23)[n+](C)c1.[2H]C([2H])([2H])c1ccc(-c2c(C)ccc3c2oc2ncccc23)[n+](C)c1. The van der Waals surface area contributed by atoms with E-state index in [4.69, 9.17) is 38.5 Å². The van der Waals surface area contributed by atoms with E-state index in [9.17, 15) is 0 Å². The predicted octanol–water partition coefficient (Wildman–Crippen LogP) is 20.4. The Morgan fingerprint density at radius 1 is 0.273 bits per heavy atom. The molecule has 0 aliphatic heterocycles. The Balaban J connectivity index is 0.000000113. The van der Waals surface area contributed by atoms with E-state index in [2.05, 4.69) is 92.1 Å². The third-order valence-electron chi connectivity index (χ3n) is 20.2. The standard InChI is InChI=1S/5C19H17N2O/c1-12-4-7-16(21(3)11-12)18-13(2)5-6-15-14-8-9-20-10-17(14)22-19(15)18;1-12-4-7-16(21(3)11-12)18-13(2)5-6-14-15-10-20-9-8-17(15)22-19(14)18;1-12-6-9-15(21(3)11-12)17-13(2)7-8-14-18-16(22-19(14)17)5-4-10-20-18;1-12-6-9-16(21(3)11-12)17-13(2)7-8-14-15-5-4-10-20-19(15)22-18(14)17;1-12-8-9-16(21(3)11-12)18-13(2)20-10-15-14-6-4-5-7-17(14)22-19(15)18/h5*4-11H,1-3H3/q5*+1/i4*1D3;. The highest BCUT2D eigenvalue weighted by atomic mass is 16.3. The van der Waals surface area contributed by atoms with Crippen LogP contribution in [0.3, 0.4) is 0 Å². The number of aromatic nitrogens is 10. The van der Waals surface area contributed by atoms with Crippen molar-refractivity contribution in [3.05, 3.63) is 300 Å². The predicted molar refractivity (Wildman–Crippen MR) is 438 cm³/mol. The van der Waals surface area contributed by atoms with Crippen LogP contribution in [0.1, 0.15) is 72.2 Å². The molecule has 0 N–H and O–H groups in total. The number of para-hydroxylation sites is 1. The molecule has 540 valence electrons. The monoisotopic (exact) mass is 1460 g/mol. The maximum atomic E-state index is 7.59. The topological polar surface area (TPSA) is 150 Å². The molecule has 0 unspecified atom stereocenters. The van der Waals surface area contributed by atoms with Gasteiger partial charge in [-0.2, -0.15) is 0 Å². The lowest BCUT2D eigenvalue weighted by Crippen LogP contribution is -2.31. The minimum absolute atomic E-state index is 0.315. The van der Waals surface area contributed by atoms with Gasteiger partial charge in [-0.25, -0.2) is 27.8 Å². The zero-order valence-electron chi connectivity index (χ0n) is 74.6. The second-order valence-electron chi connectivity index (χ2n) is 27.8. The van der Waals surface area contributed by atoms with Gasteiger partial charge in [-0.1, -0.05) is 60.7 Å². The third-order valence-corrected chi connectivity index (χ3v) is 20.2. The number of benzene rings is 5. The molecule has 0 bridgehead atoms. The van der Waals surface area contributed by atoms with Gasteiger partial charge in [-0.3, -0.25) is 19.9 Å². The second-order valence-corrected chi connectivity index (χ2v) is 27.8. The van der Waals surface area contributed by atoms with Gasteiger partial charge >= 0.3 is 0 Å². The maximum absolute atomic E-state index is 7.59. The van der Waals surface area contributed by atoms with E-state index in [0.717, 1.165) is 188 Å². The van der Waals surface area contributed by atoms with E-state index in [1.54, 1.807) is 86.2 Å². The van der Waals surface area contributed by atoms with Crippen molar-refractivity contribution in [3.63, 3.8) is 0 Å². The number of hydrogen-bond donors (Lipinski definition) is 0. The molecular weight excluding hydrogens is 1360 g/mol. The normalized spacial score (nSPS) is 13.5. The van der Waals surface area contributed by atoms with Gasteiger partial charge in [0.25, 0.3) is 0 Å². The van der Waals surface area contributed by atoms with E-state index in [0.29, 0.717) is 28.0 Å². The van der Waals surface area contributed by atoms with E-state index >= 15 is 0 Å². The van der Waals surface area contributed by atoms with E-state index < -0.39 is 27.4 Å². The summed E-state index contributed by atoms with van der Waals surface area (Å²) >= 11 is 0. The number of rotatable bonds is 5. The van der Waals surface area contributed by atoms with Crippen molar-refractivity contribution in [2.75, 3.05) is 0 Å². The summed E-state index contributed by atoms with van der Waals surface area (Å²) in [6, 6.07) is 54.1. The van der Waals surface area contributed by atoms with E-state index in [1.807, 2.05) is 190 Å². The van der Waals surface area contributed by atoms with Crippen LogP contribution < -0.4 is 22.8 Å². The van der Waals surface area contributed by atoms with Crippen molar-refractivity contribution in [2.45, 2.75) is 68.9 Å². The first-order valence-corrected chi connectivity index (χ1v) is 35.9. The molecule has 15 heterocycles. The van der Waals surface area contributed by atoms with Gasteiger partial charge in [-0.05, 0) is 170 Å². The second kappa shape index (κ2) is 29.1.